The first-order chi connectivity index (χ1) is 16.7. The number of piperidine rings is 1. The predicted molar refractivity (Wildman–Crippen MR) is 134 cm³/mol. The summed E-state index contributed by atoms with van der Waals surface area (Å²) in [6, 6.07) is 21.1. The summed E-state index contributed by atoms with van der Waals surface area (Å²) in [5.74, 6) is -0.234. The van der Waals surface area contributed by atoms with E-state index in [1.807, 2.05) is 84.0 Å². The normalized spacial score (nSPS) is 14.2. The highest BCUT2D eigenvalue weighted by molar-refractivity contribution is 6.10. The van der Waals surface area contributed by atoms with Crippen molar-refractivity contribution >= 4 is 34.1 Å². The van der Waals surface area contributed by atoms with Crippen LogP contribution < -0.4 is 10.2 Å². The number of hydrogen-bond acceptors (Lipinski definition) is 4. The van der Waals surface area contributed by atoms with Gasteiger partial charge in [-0.15, -0.1) is 0 Å². The first kappa shape index (κ1) is 21.7. The average Bonchev–Trinajstić information content (AvgIpc) is 3.36. The molecule has 2 amide bonds. The highest BCUT2D eigenvalue weighted by Crippen LogP contribution is 2.21. The number of amides is 2. The molecule has 0 saturated carbocycles. The number of H-pyrrole nitrogens is 1. The number of carbonyl (C=O) groups excluding carboxylic acids is 2. The maximum absolute atomic E-state index is 13.5. The molecule has 2 aromatic heterocycles. The second kappa shape index (κ2) is 9.79. The van der Waals surface area contributed by atoms with Crippen molar-refractivity contribution < 1.29 is 9.59 Å². The molecule has 1 fully saturated rings. The number of para-hydroxylation sites is 1. The Labute approximate surface area is 198 Å². The highest BCUT2D eigenvalue weighted by atomic mass is 16.2. The van der Waals surface area contributed by atoms with Gasteiger partial charge in [-0.05, 0) is 60.7 Å². The zero-order valence-electron chi connectivity index (χ0n) is 18.9. The van der Waals surface area contributed by atoms with Crippen LogP contribution in [0.1, 0.15) is 23.2 Å². The van der Waals surface area contributed by atoms with Crippen molar-refractivity contribution in [2.45, 2.75) is 18.9 Å². The Balaban J connectivity index is 1.28. The topological polar surface area (TPSA) is 81.3 Å². The van der Waals surface area contributed by atoms with Gasteiger partial charge >= 0.3 is 0 Å². The van der Waals surface area contributed by atoms with Gasteiger partial charge in [-0.25, -0.2) is 0 Å². The third-order valence-corrected chi connectivity index (χ3v) is 6.29. The van der Waals surface area contributed by atoms with Gasteiger partial charge in [0.2, 0.25) is 5.91 Å². The number of likely N-dealkylation sites (tertiary alicyclic amines) is 1. The SMILES string of the molecule is O=C(CN(C(=O)c1ccc2cc[nH]c2c1)c1ccccc1)N1CCC(Nc2cccnc2)CC1. The van der Waals surface area contributed by atoms with Gasteiger partial charge in [-0.3, -0.25) is 19.5 Å². The van der Waals surface area contributed by atoms with Gasteiger partial charge in [0.15, 0.2) is 0 Å². The second-order valence-corrected chi connectivity index (χ2v) is 8.55. The summed E-state index contributed by atoms with van der Waals surface area (Å²) < 4.78 is 0. The molecule has 172 valence electrons. The summed E-state index contributed by atoms with van der Waals surface area (Å²) >= 11 is 0. The lowest BCUT2D eigenvalue weighted by atomic mass is 10.0. The van der Waals surface area contributed by atoms with Crippen molar-refractivity contribution in [2.75, 3.05) is 29.9 Å². The molecule has 3 heterocycles. The van der Waals surface area contributed by atoms with Crippen molar-refractivity contribution in [1.82, 2.24) is 14.9 Å². The average molecular weight is 454 g/mol. The Kier molecular flexibility index (Phi) is 6.25. The molecular weight excluding hydrogens is 426 g/mol. The fourth-order valence-corrected chi connectivity index (χ4v) is 4.42. The van der Waals surface area contributed by atoms with Gasteiger partial charge in [-0.1, -0.05) is 24.3 Å². The second-order valence-electron chi connectivity index (χ2n) is 8.55. The molecule has 1 aliphatic heterocycles. The Bertz CT molecular complexity index is 1260. The molecule has 4 aromatic rings. The van der Waals surface area contributed by atoms with Gasteiger partial charge in [0.1, 0.15) is 6.54 Å². The van der Waals surface area contributed by atoms with Crippen molar-refractivity contribution in [3.63, 3.8) is 0 Å². The minimum atomic E-state index is -0.191. The molecule has 34 heavy (non-hydrogen) atoms. The number of aromatic nitrogens is 2. The molecule has 2 aromatic carbocycles. The van der Waals surface area contributed by atoms with E-state index in [-0.39, 0.29) is 18.4 Å². The van der Waals surface area contributed by atoms with Gasteiger partial charge < -0.3 is 15.2 Å². The summed E-state index contributed by atoms with van der Waals surface area (Å²) in [6.07, 6.45) is 7.12. The molecular formula is C27H27N5O2. The van der Waals surface area contributed by atoms with E-state index in [9.17, 15) is 9.59 Å². The molecule has 1 aliphatic rings. The summed E-state index contributed by atoms with van der Waals surface area (Å²) in [7, 11) is 0. The molecule has 5 rings (SSSR count). The summed E-state index contributed by atoms with van der Waals surface area (Å²) in [6.45, 7) is 1.32. The standard InChI is InChI=1S/C27H27N5O2/c33-26(31-15-11-22(12-16-31)30-23-5-4-13-28-18-23)19-32(24-6-2-1-3-7-24)27(34)21-9-8-20-10-14-29-25(20)17-21/h1-10,13-14,17-18,22,29-30H,11-12,15-16,19H2. The van der Waals surface area contributed by atoms with Crippen LogP contribution in [0.15, 0.2) is 85.3 Å². The Morgan fingerprint density at radius 3 is 2.62 bits per heavy atom. The third-order valence-electron chi connectivity index (χ3n) is 6.29. The molecule has 0 aliphatic carbocycles. The monoisotopic (exact) mass is 453 g/mol. The van der Waals surface area contributed by atoms with Crippen LogP contribution >= 0.6 is 0 Å². The summed E-state index contributed by atoms with van der Waals surface area (Å²) in [5, 5.41) is 4.53. The van der Waals surface area contributed by atoms with Crippen LogP contribution in [-0.2, 0) is 4.79 Å². The number of hydrogen-bond donors (Lipinski definition) is 2. The first-order valence-corrected chi connectivity index (χ1v) is 11.6. The van der Waals surface area contributed by atoms with E-state index < -0.39 is 0 Å². The number of nitrogens with zero attached hydrogens (tertiary/aromatic N) is 3. The summed E-state index contributed by atoms with van der Waals surface area (Å²) in [4.78, 5) is 37.5. The first-order valence-electron chi connectivity index (χ1n) is 11.6. The van der Waals surface area contributed by atoms with E-state index in [1.165, 1.54) is 0 Å². The molecule has 7 nitrogen and oxygen atoms in total. The van der Waals surface area contributed by atoms with E-state index in [0.717, 1.165) is 29.4 Å². The van der Waals surface area contributed by atoms with Crippen LogP contribution in [0.5, 0.6) is 0 Å². The number of benzene rings is 2. The van der Waals surface area contributed by atoms with Crippen LogP contribution in [0, 0.1) is 0 Å². The van der Waals surface area contributed by atoms with Crippen LogP contribution in [0.4, 0.5) is 11.4 Å². The zero-order chi connectivity index (χ0) is 23.3. The maximum atomic E-state index is 13.5. The zero-order valence-corrected chi connectivity index (χ0v) is 18.9. The fraction of sp³-hybridized carbons (Fsp3) is 0.222. The molecule has 0 bridgehead atoms. The van der Waals surface area contributed by atoms with Crippen molar-refractivity contribution in [3.05, 3.63) is 90.9 Å². The molecule has 0 unspecified atom stereocenters. The maximum Gasteiger partial charge on any atom is 0.258 e. The van der Waals surface area contributed by atoms with Crippen LogP contribution in [0.2, 0.25) is 0 Å². The van der Waals surface area contributed by atoms with E-state index in [0.29, 0.717) is 30.4 Å². The Morgan fingerprint density at radius 2 is 1.85 bits per heavy atom. The lowest BCUT2D eigenvalue weighted by Crippen LogP contribution is -2.47. The van der Waals surface area contributed by atoms with E-state index in [2.05, 4.69) is 15.3 Å². The number of fused-ring (bicyclic) bond motifs is 1. The van der Waals surface area contributed by atoms with Crippen LogP contribution in [0.25, 0.3) is 10.9 Å². The fourth-order valence-electron chi connectivity index (χ4n) is 4.42. The Hall–Kier alpha value is -4.13. The number of carbonyl (C=O) groups is 2. The molecule has 7 heteroatoms. The lowest BCUT2D eigenvalue weighted by Gasteiger charge is -2.34. The van der Waals surface area contributed by atoms with E-state index >= 15 is 0 Å². The van der Waals surface area contributed by atoms with E-state index in [4.69, 9.17) is 0 Å². The van der Waals surface area contributed by atoms with E-state index in [1.54, 1.807) is 11.1 Å². The number of nitrogens with one attached hydrogen (secondary N) is 2. The Morgan fingerprint density at radius 1 is 1.03 bits per heavy atom. The lowest BCUT2D eigenvalue weighted by molar-refractivity contribution is -0.130. The third kappa shape index (κ3) is 4.78. The number of pyridine rings is 1. The van der Waals surface area contributed by atoms with Crippen molar-refractivity contribution in [1.29, 1.82) is 0 Å². The quantitative estimate of drug-likeness (QED) is 0.456. The highest BCUT2D eigenvalue weighted by Gasteiger charge is 2.27. The van der Waals surface area contributed by atoms with Gasteiger partial charge in [0, 0.05) is 54.5 Å². The van der Waals surface area contributed by atoms with Crippen LogP contribution in [-0.4, -0.2) is 52.4 Å². The molecule has 0 radical (unpaired) electrons. The van der Waals surface area contributed by atoms with Crippen LogP contribution in [0.3, 0.4) is 0 Å². The predicted octanol–water partition coefficient (Wildman–Crippen LogP) is 4.31. The number of anilines is 2. The van der Waals surface area contributed by atoms with Gasteiger partial charge in [0.05, 0.1) is 5.69 Å². The largest absolute Gasteiger partial charge is 0.381 e. The minimum absolute atomic E-state index is 0.00626. The molecule has 2 N–H and O–H groups in total. The van der Waals surface area contributed by atoms with Gasteiger partial charge in [-0.2, -0.15) is 0 Å². The smallest absolute Gasteiger partial charge is 0.258 e. The van der Waals surface area contributed by atoms with Crippen molar-refractivity contribution in [3.8, 4) is 0 Å². The number of rotatable bonds is 6. The van der Waals surface area contributed by atoms with Gasteiger partial charge in [0.25, 0.3) is 5.91 Å². The molecule has 0 spiro atoms. The number of aromatic amines is 1. The molecule has 1 saturated heterocycles. The minimum Gasteiger partial charge on any atom is -0.381 e. The molecule has 0 atom stereocenters. The van der Waals surface area contributed by atoms with Crippen molar-refractivity contribution in [2.24, 2.45) is 0 Å². The summed E-state index contributed by atoms with van der Waals surface area (Å²) in [5.41, 5.74) is 3.15.